The molecule has 0 amide bonds. The van der Waals surface area contributed by atoms with E-state index in [0.29, 0.717) is 0 Å². The zero-order chi connectivity index (χ0) is 13.9. The Morgan fingerprint density at radius 2 is 1.44 bits per heavy atom. The lowest BCUT2D eigenvalue weighted by atomic mass is 10.2. The molecule has 18 heavy (non-hydrogen) atoms. The van der Waals surface area contributed by atoms with E-state index in [1.165, 1.54) is 63.8 Å². The van der Waals surface area contributed by atoms with Crippen LogP contribution in [-0.4, -0.2) is 32.6 Å². The van der Waals surface area contributed by atoms with Crippen molar-refractivity contribution < 1.29 is 0 Å². The van der Waals surface area contributed by atoms with E-state index in [2.05, 4.69) is 44.5 Å². The van der Waals surface area contributed by atoms with Crippen LogP contribution >= 0.6 is 0 Å². The van der Waals surface area contributed by atoms with Crippen molar-refractivity contribution in [3.05, 3.63) is 12.7 Å². The fraction of sp³-hybridized carbons (Fsp3) is 0.875. The van der Waals surface area contributed by atoms with Gasteiger partial charge in [0.2, 0.25) is 0 Å². The topological polar surface area (TPSA) is 3.24 Å². The second-order valence-corrected chi connectivity index (χ2v) is 11.5. The average molecular weight is 270 g/mol. The van der Waals surface area contributed by atoms with Crippen LogP contribution in [0.3, 0.4) is 0 Å². The van der Waals surface area contributed by atoms with Gasteiger partial charge >= 0.3 is 0 Å². The number of rotatable bonds is 12. The van der Waals surface area contributed by atoms with Crippen LogP contribution in [0, 0.1) is 0 Å². The third-order valence-electron chi connectivity index (χ3n) is 3.68. The third-order valence-corrected chi connectivity index (χ3v) is 6.78. The van der Waals surface area contributed by atoms with E-state index in [0.717, 1.165) is 0 Å². The van der Waals surface area contributed by atoms with Crippen molar-refractivity contribution in [3.63, 3.8) is 0 Å². The summed E-state index contributed by atoms with van der Waals surface area (Å²) < 4.78 is 0. The molecular formula is C16H35NSi. The lowest BCUT2D eigenvalue weighted by Gasteiger charge is -2.25. The van der Waals surface area contributed by atoms with Gasteiger partial charge in [0.15, 0.2) is 0 Å². The second kappa shape index (κ2) is 10.8. The van der Waals surface area contributed by atoms with E-state index in [-0.39, 0.29) is 0 Å². The molecule has 0 spiro atoms. The molecule has 0 aliphatic carbocycles. The fourth-order valence-electron chi connectivity index (χ4n) is 2.37. The molecule has 0 aromatic heterocycles. The van der Waals surface area contributed by atoms with Crippen LogP contribution < -0.4 is 0 Å². The molecule has 0 fully saturated rings. The van der Waals surface area contributed by atoms with Crippen LogP contribution in [0.1, 0.15) is 46.0 Å². The van der Waals surface area contributed by atoms with E-state index in [9.17, 15) is 0 Å². The molecule has 0 aromatic carbocycles. The minimum atomic E-state index is -0.977. The molecule has 0 aliphatic rings. The lowest BCUT2D eigenvalue weighted by Crippen LogP contribution is -2.30. The van der Waals surface area contributed by atoms with E-state index in [1.54, 1.807) is 0 Å². The van der Waals surface area contributed by atoms with Crippen molar-refractivity contribution >= 4 is 8.07 Å². The summed E-state index contributed by atoms with van der Waals surface area (Å²) in [5, 5.41) is 0. The molecule has 0 heterocycles. The van der Waals surface area contributed by atoms with Gasteiger partial charge in [-0.2, -0.15) is 0 Å². The smallest absolute Gasteiger partial charge is 0.0511 e. The minimum absolute atomic E-state index is 0.977. The number of nitrogens with zero attached hydrogens (tertiary/aromatic N) is 1. The average Bonchev–Trinajstić information content (AvgIpc) is 2.31. The van der Waals surface area contributed by atoms with Gasteiger partial charge in [-0.05, 0) is 44.9 Å². The van der Waals surface area contributed by atoms with Crippen LogP contribution in [0.4, 0.5) is 0 Å². The highest BCUT2D eigenvalue weighted by Crippen LogP contribution is 2.18. The number of hydrogen-bond acceptors (Lipinski definition) is 1. The van der Waals surface area contributed by atoms with Crippen molar-refractivity contribution in [3.8, 4) is 0 Å². The first-order valence-electron chi connectivity index (χ1n) is 7.89. The van der Waals surface area contributed by atoms with Crippen molar-refractivity contribution in [1.29, 1.82) is 0 Å². The molecule has 0 aromatic rings. The van der Waals surface area contributed by atoms with Gasteiger partial charge in [-0.15, -0.1) is 6.58 Å². The number of allylic oxidation sites excluding steroid dienone is 1. The first-order chi connectivity index (χ1) is 8.55. The Labute approximate surface area is 117 Å². The van der Waals surface area contributed by atoms with Gasteiger partial charge in [0.1, 0.15) is 0 Å². The van der Waals surface area contributed by atoms with E-state index < -0.39 is 8.07 Å². The Hall–Kier alpha value is -0.0831. The van der Waals surface area contributed by atoms with Gasteiger partial charge < -0.3 is 4.90 Å². The summed E-state index contributed by atoms with van der Waals surface area (Å²) in [6, 6.07) is 2.73. The Morgan fingerprint density at radius 1 is 0.944 bits per heavy atom. The summed E-state index contributed by atoms with van der Waals surface area (Å²) in [5.74, 6) is 0. The van der Waals surface area contributed by atoms with Crippen molar-refractivity contribution in [1.82, 2.24) is 4.90 Å². The minimum Gasteiger partial charge on any atom is -0.303 e. The zero-order valence-corrected chi connectivity index (χ0v) is 14.3. The third kappa shape index (κ3) is 9.90. The summed E-state index contributed by atoms with van der Waals surface area (Å²) in [6.45, 7) is 17.4. The number of unbranched alkanes of at least 4 members (excludes halogenated alkanes) is 2. The highest BCUT2D eigenvalue weighted by molar-refractivity contribution is 6.77. The van der Waals surface area contributed by atoms with Crippen molar-refractivity contribution in [2.24, 2.45) is 0 Å². The molecule has 0 rings (SSSR count). The Kier molecular flexibility index (Phi) is 10.8. The molecule has 0 bridgehead atoms. The van der Waals surface area contributed by atoms with Gasteiger partial charge in [0.25, 0.3) is 0 Å². The summed E-state index contributed by atoms with van der Waals surface area (Å²) in [5.41, 5.74) is 0. The summed E-state index contributed by atoms with van der Waals surface area (Å²) in [6.07, 6.45) is 8.87. The molecule has 0 saturated heterocycles. The maximum Gasteiger partial charge on any atom is 0.0511 e. The van der Waals surface area contributed by atoms with Crippen LogP contribution in [0.15, 0.2) is 12.7 Å². The predicted molar refractivity (Wildman–Crippen MR) is 88.2 cm³/mol. The molecule has 1 nitrogen and oxygen atoms in total. The Balaban J connectivity index is 3.89. The molecule has 0 atom stereocenters. The Bertz CT molecular complexity index is 193. The molecular weight excluding hydrogens is 234 g/mol. The lowest BCUT2D eigenvalue weighted by molar-refractivity contribution is 0.265. The Morgan fingerprint density at radius 3 is 1.89 bits per heavy atom. The quantitative estimate of drug-likeness (QED) is 0.349. The maximum atomic E-state index is 3.89. The van der Waals surface area contributed by atoms with Gasteiger partial charge in [0.05, 0.1) is 8.07 Å². The normalized spacial score (nSPS) is 12.1. The highest BCUT2D eigenvalue weighted by Gasteiger charge is 2.18. The second-order valence-electron chi connectivity index (χ2n) is 6.31. The SMILES string of the molecule is C=CC[Si](C)(C)CCCN(CCCC)CCCC. The van der Waals surface area contributed by atoms with E-state index >= 15 is 0 Å². The monoisotopic (exact) mass is 269 g/mol. The van der Waals surface area contributed by atoms with Crippen molar-refractivity contribution in [2.45, 2.75) is 71.1 Å². The van der Waals surface area contributed by atoms with Gasteiger partial charge in [-0.25, -0.2) is 0 Å². The molecule has 0 unspecified atom stereocenters. The van der Waals surface area contributed by atoms with Crippen LogP contribution in [0.5, 0.6) is 0 Å². The predicted octanol–water partition coefficient (Wildman–Crippen LogP) is 5.17. The van der Waals surface area contributed by atoms with Crippen LogP contribution in [0.25, 0.3) is 0 Å². The van der Waals surface area contributed by atoms with Crippen LogP contribution in [-0.2, 0) is 0 Å². The van der Waals surface area contributed by atoms with Gasteiger partial charge in [-0.3, -0.25) is 0 Å². The van der Waals surface area contributed by atoms with E-state index in [1.807, 2.05) is 0 Å². The molecule has 0 saturated carbocycles. The zero-order valence-electron chi connectivity index (χ0n) is 13.3. The summed E-state index contributed by atoms with van der Waals surface area (Å²) in [7, 11) is -0.977. The largest absolute Gasteiger partial charge is 0.303 e. The van der Waals surface area contributed by atoms with Crippen LogP contribution in [0.2, 0.25) is 25.2 Å². The summed E-state index contributed by atoms with van der Waals surface area (Å²) in [4.78, 5) is 2.69. The standard InChI is InChI=1S/C16H35NSi/c1-6-9-12-17(13-10-7-2)14-11-16-18(4,5)15-8-3/h8H,3,6-7,9-16H2,1-2,4-5H3. The molecule has 2 heteroatoms. The van der Waals surface area contributed by atoms with Gasteiger partial charge in [-0.1, -0.05) is 51.9 Å². The molecule has 0 N–H and O–H groups in total. The van der Waals surface area contributed by atoms with E-state index in [4.69, 9.17) is 0 Å². The summed E-state index contributed by atoms with van der Waals surface area (Å²) >= 11 is 0. The molecule has 108 valence electrons. The highest BCUT2D eigenvalue weighted by atomic mass is 28.3. The molecule has 0 radical (unpaired) electrons. The first kappa shape index (κ1) is 17.9. The fourth-order valence-corrected chi connectivity index (χ4v) is 4.47. The number of hydrogen-bond donors (Lipinski definition) is 0. The van der Waals surface area contributed by atoms with Crippen molar-refractivity contribution in [2.75, 3.05) is 19.6 Å². The first-order valence-corrected chi connectivity index (χ1v) is 11.3. The maximum absolute atomic E-state index is 3.89. The molecule has 0 aliphatic heterocycles. The van der Waals surface area contributed by atoms with Gasteiger partial charge in [0, 0.05) is 0 Å².